The lowest BCUT2D eigenvalue weighted by Crippen LogP contribution is -2.25. The minimum absolute atomic E-state index is 0.625. The lowest BCUT2D eigenvalue weighted by atomic mass is 10.2. The van der Waals surface area contributed by atoms with Crippen LogP contribution in [0, 0.1) is 0 Å². The van der Waals surface area contributed by atoms with E-state index in [4.69, 9.17) is 16.0 Å². The number of nitrogens with one attached hydrogen (secondary N) is 1. The molecule has 1 aliphatic rings. The van der Waals surface area contributed by atoms with E-state index in [2.05, 4.69) is 10.3 Å². The van der Waals surface area contributed by atoms with Gasteiger partial charge in [0, 0.05) is 6.04 Å². The molecular formula is C13H15ClN2O. The number of rotatable bonds is 3. The minimum atomic E-state index is 0.625. The molecule has 1 fully saturated rings. The summed E-state index contributed by atoms with van der Waals surface area (Å²) >= 11 is 6.04. The fourth-order valence-corrected chi connectivity index (χ4v) is 2.61. The quantitative estimate of drug-likeness (QED) is 0.906. The third-order valence-corrected chi connectivity index (χ3v) is 3.61. The number of aromatic nitrogens is 1. The monoisotopic (exact) mass is 250 g/mol. The minimum Gasteiger partial charge on any atom is -0.438 e. The Hall–Kier alpha value is -1.06. The first kappa shape index (κ1) is 11.1. The zero-order chi connectivity index (χ0) is 11.7. The Balaban J connectivity index is 1.74. The summed E-state index contributed by atoms with van der Waals surface area (Å²) < 4.78 is 5.65. The maximum atomic E-state index is 6.04. The SMILES string of the molecule is Clc1cccc2nc(CNC3CCCC3)oc12. The number of para-hydroxylation sites is 1. The fourth-order valence-electron chi connectivity index (χ4n) is 2.40. The van der Waals surface area contributed by atoms with Gasteiger partial charge in [-0.25, -0.2) is 4.98 Å². The molecule has 0 amide bonds. The highest BCUT2D eigenvalue weighted by Crippen LogP contribution is 2.24. The molecule has 3 rings (SSSR count). The van der Waals surface area contributed by atoms with E-state index < -0.39 is 0 Å². The lowest BCUT2D eigenvalue weighted by Gasteiger charge is -2.08. The summed E-state index contributed by atoms with van der Waals surface area (Å²) in [6, 6.07) is 6.26. The highest BCUT2D eigenvalue weighted by Gasteiger charge is 2.15. The van der Waals surface area contributed by atoms with Gasteiger partial charge in [-0.2, -0.15) is 0 Å². The van der Waals surface area contributed by atoms with Crippen LogP contribution in [0.1, 0.15) is 31.6 Å². The molecule has 0 aliphatic heterocycles. The molecule has 0 atom stereocenters. The highest BCUT2D eigenvalue weighted by atomic mass is 35.5. The van der Waals surface area contributed by atoms with Crippen molar-refractivity contribution in [3.63, 3.8) is 0 Å². The molecule has 1 N–H and O–H groups in total. The van der Waals surface area contributed by atoms with Crippen molar-refractivity contribution >= 4 is 22.7 Å². The molecule has 1 heterocycles. The van der Waals surface area contributed by atoms with Gasteiger partial charge in [0.1, 0.15) is 5.52 Å². The summed E-state index contributed by atoms with van der Waals surface area (Å²) in [6.45, 7) is 0.690. The standard InChI is InChI=1S/C13H15ClN2O/c14-10-6-3-7-11-13(10)17-12(16-11)8-15-9-4-1-2-5-9/h3,6-7,9,15H,1-2,4-5,8H2. The second-order valence-electron chi connectivity index (χ2n) is 4.56. The third-order valence-electron chi connectivity index (χ3n) is 3.31. The number of halogens is 1. The summed E-state index contributed by atoms with van der Waals surface area (Å²) in [4.78, 5) is 4.42. The maximum Gasteiger partial charge on any atom is 0.209 e. The van der Waals surface area contributed by atoms with E-state index in [1.165, 1.54) is 25.7 Å². The molecule has 0 saturated heterocycles. The van der Waals surface area contributed by atoms with E-state index >= 15 is 0 Å². The number of hydrogen-bond acceptors (Lipinski definition) is 3. The Morgan fingerprint density at radius 2 is 2.18 bits per heavy atom. The number of fused-ring (bicyclic) bond motifs is 1. The molecular weight excluding hydrogens is 236 g/mol. The van der Waals surface area contributed by atoms with Crippen molar-refractivity contribution in [2.24, 2.45) is 0 Å². The van der Waals surface area contributed by atoms with Crippen LogP contribution in [0.5, 0.6) is 0 Å². The molecule has 0 unspecified atom stereocenters. The number of benzene rings is 1. The van der Waals surface area contributed by atoms with E-state index in [0.717, 1.165) is 11.4 Å². The molecule has 0 bridgehead atoms. The van der Waals surface area contributed by atoms with Crippen LogP contribution in [-0.4, -0.2) is 11.0 Å². The highest BCUT2D eigenvalue weighted by molar-refractivity contribution is 6.34. The van der Waals surface area contributed by atoms with Gasteiger partial charge in [-0.05, 0) is 25.0 Å². The van der Waals surface area contributed by atoms with Crippen molar-refractivity contribution in [2.75, 3.05) is 0 Å². The normalized spacial score (nSPS) is 17.0. The fraction of sp³-hybridized carbons (Fsp3) is 0.462. The average molecular weight is 251 g/mol. The molecule has 1 aromatic carbocycles. The van der Waals surface area contributed by atoms with Crippen LogP contribution < -0.4 is 5.32 Å². The summed E-state index contributed by atoms with van der Waals surface area (Å²) in [7, 11) is 0. The van der Waals surface area contributed by atoms with Gasteiger partial charge in [0.05, 0.1) is 11.6 Å². The lowest BCUT2D eigenvalue weighted by molar-refractivity contribution is 0.450. The molecule has 0 radical (unpaired) electrons. The first-order chi connectivity index (χ1) is 8.33. The first-order valence-electron chi connectivity index (χ1n) is 6.10. The van der Waals surface area contributed by atoms with Gasteiger partial charge >= 0.3 is 0 Å². The van der Waals surface area contributed by atoms with Crippen molar-refractivity contribution in [1.29, 1.82) is 0 Å². The molecule has 1 aliphatic carbocycles. The Morgan fingerprint density at radius 3 is 2.94 bits per heavy atom. The summed E-state index contributed by atoms with van der Waals surface area (Å²) in [5.41, 5.74) is 1.53. The average Bonchev–Trinajstić information content (AvgIpc) is 2.95. The second kappa shape index (κ2) is 4.67. The second-order valence-corrected chi connectivity index (χ2v) is 4.97. The van der Waals surface area contributed by atoms with Crippen molar-refractivity contribution in [1.82, 2.24) is 10.3 Å². The van der Waals surface area contributed by atoms with Crippen LogP contribution >= 0.6 is 11.6 Å². The molecule has 0 spiro atoms. The smallest absolute Gasteiger partial charge is 0.209 e. The third kappa shape index (κ3) is 2.31. The maximum absolute atomic E-state index is 6.04. The van der Waals surface area contributed by atoms with Gasteiger partial charge in [-0.1, -0.05) is 30.5 Å². The van der Waals surface area contributed by atoms with Crippen LogP contribution in [0.2, 0.25) is 5.02 Å². The predicted molar refractivity (Wildman–Crippen MR) is 68.1 cm³/mol. The van der Waals surface area contributed by atoms with Gasteiger partial charge in [0.25, 0.3) is 0 Å². The van der Waals surface area contributed by atoms with Gasteiger partial charge in [-0.15, -0.1) is 0 Å². The number of nitrogens with zero attached hydrogens (tertiary/aromatic N) is 1. The molecule has 17 heavy (non-hydrogen) atoms. The van der Waals surface area contributed by atoms with Gasteiger partial charge in [0.2, 0.25) is 5.89 Å². The van der Waals surface area contributed by atoms with Crippen molar-refractivity contribution in [2.45, 2.75) is 38.3 Å². The molecule has 2 aromatic rings. The van der Waals surface area contributed by atoms with Crippen LogP contribution in [0.3, 0.4) is 0 Å². The number of oxazole rings is 1. The predicted octanol–water partition coefficient (Wildman–Crippen LogP) is 3.51. The first-order valence-corrected chi connectivity index (χ1v) is 6.48. The topological polar surface area (TPSA) is 38.1 Å². The number of hydrogen-bond donors (Lipinski definition) is 1. The Labute approximate surface area is 105 Å². The van der Waals surface area contributed by atoms with Crippen molar-refractivity contribution in [3.05, 3.63) is 29.1 Å². The molecule has 1 aromatic heterocycles. The van der Waals surface area contributed by atoms with Gasteiger partial charge in [-0.3, -0.25) is 0 Å². The largest absolute Gasteiger partial charge is 0.438 e. The van der Waals surface area contributed by atoms with Crippen LogP contribution in [0.4, 0.5) is 0 Å². The van der Waals surface area contributed by atoms with Crippen LogP contribution in [-0.2, 0) is 6.54 Å². The molecule has 4 heteroatoms. The summed E-state index contributed by atoms with van der Waals surface area (Å²) in [5, 5.41) is 4.11. The summed E-state index contributed by atoms with van der Waals surface area (Å²) in [6.07, 6.45) is 5.19. The van der Waals surface area contributed by atoms with E-state index in [1.807, 2.05) is 18.2 Å². The van der Waals surface area contributed by atoms with Gasteiger partial charge in [0.15, 0.2) is 5.58 Å². The molecule has 1 saturated carbocycles. The van der Waals surface area contributed by atoms with E-state index in [-0.39, 0.29) is 0 Å². The Bertz CT molecular complexity index is 517. The zero-order valence-corrected chi connectivity index (χ0v) is 10.3. The van der Waals surface area contributed by atoms with Crippen LogP contribution in [0.25, 0.3) is 11.1 Å². The van der Waals surface area contributed by atoms with Crippen molar-refractivity contribution in [3.8, 4) is 0 Å². The van der Waals surface area contributed by atoms with E-state index in [0.29, 0.717) is 23.2 Å². The Morgan fingerprint density at radius 1 is 1.35 bits per heavy atom. The van der Waals surface area contributed by atoms with Gasteiger partial charge < -0.3 is 9.73 Å². The Kier molecular flexibility index (Phi) is 3.04. The zero-order valence-electron chi connectivity index (χ0n) is 9.58. The van der Waals surface area contributed by atoms with E-state index in [9.17, 15) is 0 Å². The molecule has 3 nitrogen and oxygen atoms in total. The summed E-state index contributed by atoms with van der Waals surface area (Å²) in [5.74, 6) is 0.722. The van der Waals surface area contributed by atoms with Crippen molar-refractivity contribution < 1.29 is 4.42 Å². The molecule has 90 valence electrons. The van der Waals surface area contributed by atoms with Crippen LogP contribution in [0.15, 0.2) is 22.6 Å². The van der Waals surface area contributed by atoms with E-state index in [1.54, 1.807) is 0 Å².